The molecule has 0 saturated heterocycles. The van der Waals surface area contributed by atoms with Gasteiger partial charge in [0.05, 0.1) is 19.6 Å². The number of nitrogens with zero attached hydrogens (tertiary/aromatic N) is 2. The van der Waals surface area contributed by atoms with Crippen LogP contribution in [-0.4, -0.2) is 30.3 Å². The Bertz CT molecular complexity index is 1240. The molecule has 1 amide bonds. The molecule has 0 bridgehead atoms. The van der Waals surface area contributed by atoms with Gasteiger partial charge in [-0.3, -0.25) is 14.9 Å². The Kier molecular flexibility index (Phi) is 4.70. The number of hydrogen-bond donors (Lipinski definition) is 1. The third kappa shape index (κ3) is 3.65. The lowest BCUT2D eigenvalue weighted by molar-refractivity contribution is 0.0994. The molecule has 2 aromatic heterocycles. The van der Waals surface area contributed by atoms with Gasteiger partial charge in [0, 0.05) is 17.7 Å². The zero-order valence-corrected chi connectivity index (χ0v) is 15.5. The van der Waals surface area contributed by atoms with Crippen molar-refractivity contribution in [3.8, 4) is 23.0 Å². The van der Waals surface area contributed by atoms with E-state index in [9.17, 15) is 9.59 Å². The molecule has 2 aromatic carbocycles. The van der Waals surface area contributed by atoms with Gasteiger partial charge in [0.25, 0.3) is 5.91 Å². The molecular weight excluding hydrogens is 378 g/mol. The van der Waals surface area contributed by atoms with Crippen molar-refractivity contribution in [2.45, 2.75) is 0 Å². The molecule has 0 saturated carbocycles. The van der Waals surface area contributed by atoms with Crippen LogP contribution in [0.2, 0.25) is 0 Å². The van der Waals surface area contributed by atoms with Crippen LogP contribution in [0.25, 0.3) is 22.4 Å². The highest BCUT2D eigenvalue weighted by molar-refractivity contribution is 6.01. The third-order valence-corrected chi connectivity index (χ3v) is 4.10. The summed E-state index contributed by atoms with van der Waals surface area (Å²) in [7, 11) is 3.05. The Morgan fingerprint density at radius 3 is 2.41 bits per heavy atom. The fourth-order valence-electron chi connectivity index (χ4n) is 2.70. The van der Waals surface area contributed by atoms with Gasteiger partial charge in [-0.05, 0) is 24.3 Å². The molecule has 0 aliphatic carbocycles. The zero-order valence-electron chi connectivity index (χ0n) is 15.5. The van der Waals surface area contributed by atoms with Gasteiger partial charge in [-0.2, -0.15) is 0 Å². The standard InChI is InChI=1S/C20H15N3O6/c1-26-12-7-11(8-13(9-12)27-2)19-22-23-20(29-19)21-18(25)17-10-15(24)14-5-3-4-6-16(14)28-17/h3-10H,1-2H3,(H,21,23,25). The molecule has 4 aromatic rings. The number of ether oxygens (including phenoxy) is 2. The van der Waals surface area contributed by atoms with Crippen molar-refractivity contribution in [2.75, 3.05) is 19.5 Å². The summed E-state index contributed by atoms with van der Waals surface area (Å²) in [6.07, 6.45) is 0. The highest BCUT2D eigenvalue weighted by Crippen LogP contribution is 2.29. The van der Waals surface area contributed by atoms with Crippen molar-refractivity contribution in [3.05, 3.63) is 64.5 Å². The Morgan fingerprint density at radius 1 is 0.966 bits per heavy atom. The number of rotatable bonds is 5. The van der Waals surface area contributed by atoms with Gasteiger partial charge in [0.15, 0.2) is 11.2 Å². The second-order valence-corrected chi connectivity index (χ2v) is 5.94. The molecule has 29 heavy (non-hydrogen) atoms. The number of methoxy groups -OCH3 is 2. The summed E-state index contributed by atoms with van der Waals surface area (Å²) in [5, 5.41) is 10.5. The topological polar surface area (TPSA) is 117 Å². The molecule has 0 radical (unpaired) electrons. The van der Waals surface area contributed by atoms with Crippen molar-refractivity contribution in [1.82, 2.24) is 10.2 Å². The summed E-state index contributed by atoms with van der Waals surface area (Å²) >= 11 is 0. The largest absolute Gasteiger partial charge is 0.497 e. The number of fused-ring (bicyclic) bond motifs is 1. The van der Waals surface area contributed by atoms with E-state index in [0.29, 0.717) is 28.0 Å². The molecule has 0 spiro atoms. The van der Waals surface area contributed by atoms with Gasteiger partial charge in [0.2, 0.25) is 5.89 Å². The van der Waals surface area contributed by atoms with Gasteiger partial charge < -0.3 is 18.3 Å². The van der Waals surface area contributed by atoms with Crippen LogP contribution in [0.15, 0.2) is 62.2 Å². The number of carbonyl (C=O) groups excluding carboxylic acids is 1. The van der Waals surface area contributed by atoms with Crippen LogP contribution < -0.4 is 20.2 Å². The molecule has 2 heterocycles. The van der Waals surface area contributed by atoms with Gasteiger partial charge in [-0.1, -0.05) is 17.2 Å². The highest BCUT2D eigenvalue weighted by Gasteiger charge is 2.17. The summed E-state index contributed by atoms with van der Waals surface area (Å²) in [6, 6.07) is 12.7. The monoisotopic (exact) mass is 393 g/mol. The van der Waals surface area contributed by atoms with Crippen LogP contribution in [0.5, 0.6) is 11.5 Å². The summed E-state index contributed by atoms with van der Waals surface area (Å²) in [4.78, 5) is 24.6. The number of benzene rings is 2. The predicted molar refractivity (Wildman–Crippen MR) is 103 cm³/mol. The summed E-state index contributed by atoms with van der Waals surface area (Å²) in [5.41, 5.74) is 0.526. The lowest BCUT2D eigenvalue weighted by Crippen LogP contribution is -2.15. The average molecular weight is 393 g/mol. The quantitative estimate of drug-likeness (QED) is 0.550. The van der Waals surface area contributed by atoms with Gasteiger partial charge >= 0.3 is 6.01 Å². The van der Waals surface area contributed by atoms with E-state index in [1.807, 2.05) is 0 Å². The first-order chi connectivity index (χ1) is 14.1. The van der Waals surface area contributed by atoms with Crippen molar-refractivity contribution >= 4 is 22.9 Å². The summed E-state index contributed by atoms with van der Waals surface area (Å²) in [5.74, 6) is 0.377. The van der Waals surface area contributed by atoms with E-state index in [1.165, 1.54) is 14.2 Å². The molecule has 0 atom stereocenters. The minimum absolute atomic E-state index is 0.150. The van der Waals surface area contributed by atoms with E-state index in [-0.39, 0.29) is 23.1 Å². The normalized spacial score (nSPS) is 10.7. The van der Waals surface area contributed by atoms with Crippen LogP contribution in [0, 0.1) is 0 Å². The number of amides is 1. The maximum absolute atomic E-state index is 12.4. The van der Waals surface area contributed by atoms with Crippen molar-refractivity contribution in [1.29, 1.82) is 0 Å². The number of para-hydroxylation sites is 1. The van der Waals surface area contributed by atoms with Crippen molar-refractivity contribution < 1.29 is 23.1 Å². The summed E-state index contributed by atoms with van der Waals surface area (Å²) in [6.45, 7) is 0. The number of hydrogen-bond acceptors (Lipinski definition) is 8. The van der Waals surface area contributed by atoms with Crippen LogP contribution in [0.1, 0.15) is 10.6 Å². The maximum atomic E-state index is 12.4. The summed E-state index contributed by atoms with van der Waals surface area (Å²) < 4.78 is 21.4. The Hall–Kier alpha value is -4.14. The third-order valence-electron chi connectivity index (χ3n) is 4.10. The number of carbonyl (C=O) groups is 1. The Labute approximate surface area is 163 Å². The molecule has 0 fully saturated rings. The fourth-order valence-corrected chi connectivity index (χ4v) is 2.70. The van der Waals surface area contributed by atoms with E-state index >= 15 is 0 Å². The zero-order chi connectivity index (χ0) is 20.4. The molecule has 0 aliphatic rings. The molecule has 4 rings (SSSR count). The second kappa shape index (κ2) is 7.47. The fraction of sp³-hybridized carbons (Fsp3) is 0.100. The van der Waals surface area contributed by atoms with Crippen molar-refractivity contribution in [3.63, 3.8) is 0 Å². The van der Waals surface area contributed by atoms with Gasteiger partial charge in [0.1, 0.15) is 17.1 Å². The average Bonchev–Trinajstić information content (AvgIpc) is 3.21. The SMILES string of the molecule is COc1cc(OC)cc(-c2nnc(NC(=O)c3cc(=O)c4ccccc4o3)o2)c1. The van der Waals surface area contributed by atoms with E-state index in [2.05, 4.69) is 15.5 Å². The van der Waals surface area contributed by atoms with E-state index in [4.69, 9.17) is 18.3 Å². The number of nitrogens with one attached hydrogen (secondary N) is 1. The van der Waals surface area contributed by atoms with Crippen LogP contribution in [-0.2, 0) is 0 Å². The first-order valence-corrected chi connectivity index (χ1v) is 8.48. The highest BCUT2D eigenvalue weighted by atomic mass is 16.5. The van der Waals surface area contributed by atoms with Crippen LogP contribution in [0.4, 0.5) is 6.01 Å². The molecule has 0 aliphatic heterocycles. The minimum Gasteiger partial charge on any atom is -0.497 e. The van der Waals surface area contributed by atoms with Gasteiger partial charge in [-0.15, -0.1) is 5.10 Å². The number of aromatic nitrogens is 2. The van der Waals surface area contributed by atoms with Crippen molar-refractivity contribution in [2.24, 2.45) is 0 Å². The van der Waals surface area contributed by atoms with Crippen LogP contribution >= 0.6 is 0 Å². The molecule has 9 nitrogen and oxygen atoms in total. The van der Waals surface area contributed by atoms with Gasteiger partial charge in [-0.25, -0.2) is 0 Å². The molecular formula is C20H15N3O6. The smallest absolute Gasteiger partial charge is 0.322 e. The molecule has 0 unspecified atom stereocenters. The molecule has 9 heteroatoms. The first kappa shape index (κ1) is 18.2. The Morgan fingerprint density at radius 2 is 1.69 bits per heavy atom. The molecule has 146 valence electrons. The second-order valence-electron chi connectivity index (χ2n) is 5.94. The van der Waals surface area contributed by atoms with E-state index in [0.717, 1.165) is 6.07 Å². The Balaban J connectivity index is 1.60. The number of anilines is 1. The van der Waals surface area contributed by atoms with E-state index < -0.39 is 5.91 Å². The molecule has 1 N–H and O–H groups in total. The first-order valence-electron chi connectivity index (χ1n) is 8.48. The van der Waals surface area contributed by atoms with E-state index in [1.54, 1.807) is 42.5 Å². The minimum atomic E-state index is -0.689. The maximum Gasteiger partial charge on any atom is 0.322 e. The predicted octanol–water partition coefficient (Wildman–Crippen LogP) is 3.11. The lowest BCUT2D eigenvalue weighted by Gasteiger charge is -2.05. The lowest BCUT2D eigenvalue weighted by atomic mass is 10.2. The van der Waals surface area contributed by atoms with Crippen LogP contribution in [0.3, 0.4) is 0 Å².